The molecule has 2 aromatic rings. The van der Waals surface area contributed by atoms with Crippen LogP contribution in [0.3, 0.4) is 0 Å². The Labute approximate surface area is 86.2 Å². The molecule has 0 bridgehead atoms. The standard InChI is InChI=1S/C12H17NSi/c1-9-5-6-11-10(7-9)12(8-13-11)14(2,3)4/h5-8,13H,1-4H3. The molecule has 1 heterocycles. The smallest absolute Gasteiger partial charge is 0.0803 e. The van der Waals surface area contributed by atoms with Gasteiger partial charge < -0.3 is 4.98 Å². The highest BCUT2D eigenvalue weighted by atomic mass is 28.3. The van der Waals surface area contributed by atoms with E-state index in [9.17, 15) is 0 Å². The van der Waals surface area contributed by atoms with Gasteiger partial charge in [0.25, 0.3) is 0 Å². The molecule has 0 aliphatic rings. The predicted molar refractivity (Wildman–Crippen MR) is 66.0 cm³/mol. The van der Waals surface area contributed by atoms with Gasteiger partial charge in [0.2, 0.25) is 0 Å². The molecule has 0 fully saturated rings. The summed E-state index contributed by atoms with van der Waals surface area (Å²) >= 11 is 0. The molecule has 0 saturated carbocycles. The third-order valence-corrected chi connectivity index (χ3v) is 4.67. The second kappa shape index (κ2) is 2.99. The van der Waals surface area contributed by atoms with Crippen LogP contribution in [0.4, 0.5) is 0 Å². The Kier molecular flexibility index (Phi) is 2.03. The van der Waals surface area contributed by atoms with Crippen molar-refractivity contribution in [1.29, 1.82) is 0 Å². The van der Waals surface area contributed by atoms with Crippen LogP contribution < -0.4 is 5.19 Å². The molecule has 1 aromatic heterocycles. The van der Waals surface area contributed by atoms with Gasteiger partial charge >= 0.3 is 0 Å². The Morgan fingerprint density at radius 3 is 2.50 bits per heavy atom. The summed E-state index contributed by atoms with van der Waals surface area (Å²) in [7, 11) is -1.20. The summed E-state index contributed by atoms with van der Waals surface area (Å²) in [6.45, 7) is 9.31. The minimum atomic E-state index is -1.20. The van der Waals surface area contributed by atoms with E-state index in [0.717, 1.165) is 0 Å². The summed E-state index contributed by atoms with van der Waals surface area (Å²) in [6, 6.07) is 6.63. The van der Waals surface area contributed by atoms with Crippen molar-refractivity contribution in [2.45, 2.75) is 26.6 Å². The maximum Gasteiger partial charge on any atom is 0.0803 e. The predicted octanol–water partition coefficient (Wildman–Crippen LogP) is 3.02. The highest BCUT2D eigenvalue weighted by molar-refractivity contribution is 6.90. The van der Waals surface area contributed by atoms with Crippen LogP contribution in [0.15, 0.2) is 24.4 Å². The first-order valence-corrected chi connectivity index (χ1v) is 8.57. The van der Waals surface area contributed by atoms with E-state index >= 15 is 0 Å². The topological polar surface area (TPSA) is 15.8 Å². The molecular formula is C12H17NSi. The minimum absolute atomic E-state index is 1.20. The van der Waals surface area contributed by atoms with Crippen LogP contribution in [0.25, 0.3) is 10.9 Å². The zero-order valence-electron chi connectivity index (χ0n) is 9.31. The molecule has 0 aliphatic heterocycles. The fourth-order valence-electron chi connectivity index (χ4n) is 1.85. The number of fused-ring (bicyclic) bond motifs is 1. The van der Waals surface area contributed by atoms with Gasteiger partial charge in [0.1, 0.15) is 0 Å². The molecule has 0 atom stereocenters. The number of benzene rings is 1. The van der Waals surface area contributed by atoms with Crippen LogP contribution in [0.2, 0.25) is 19.6 Å². The largest absolute Gasteiger partial charge is 0.361 e. The average molecular weight is 203 g/mol. The van der Waals surface area contributed by atoms with Gasteiger partial charge in [0, 0.05) is 11.7 Å². The minimum Gasteiger partial charge on any atom is -0.361 e. The first-order valence-electron chi connectivity index (χ1n) is 5.07. The molecule has 1 aromatic carbocycles. The number of hydrogen-bond acceptors (Lipinski definition) is 0. The Balaban J connectivity index is 2.73. The average Bonchev–Trinajstić information content (AvgIpc) is 2.45. The molecule has 1 N–H and O–H groups in total. The van der Waals surface area contributed by atoms with Crippen molar-refractivity contribution in [2.75, 3.05) is 0 Å². The zero-order chi connectivity index (χ0) is 10.3. The van der Waals surface area contributed by atoms with E-state index in [1.165, 1.54) is 21.7 Å². The second-order valence-corrected chi connectivity index (χ2v) is 10.0. The summed E-state index contributed by atoms with van der Waals surface area (Å²) in [5.41, 5.74) is 2.62. The van der Waals surface area contributed by atoms with E-state index in [0.29, 0.717) is 0 Å². The maximum absolute atomic E-state index is 3.36. The zero-order valence-corrected chi connectivity index (χ0v) is 10.3. The van der Waals surface area contributed by atoms with E-state index in [2.05, 4.69) is 55.9 Å². The van der Waals surface area contributed by atoms with Crippen LogP contribution in [-0.2, 0) is 0 Å². The molecule has 2 heteroatoms. The highest BCUT2D eigenvalue weighted by Crippen LogP contribution is 2.16. The third-order valence-electron chi connectivity index (χ3n) is 2.65. The molecule has 0 unspecified atom stereocenters. The van der Waals surface area contributed by atoms with Crippen molar-refractivity contribution in [3.8, 4) is 0 Å². The molecule has 14 heavy (non-hydrogen) atoms. The van der Waals surface area contributed by atoms with Gasteiger partial charge in [-0.15, -0.1) is 0 Å². The van der Waals surface area contributed by atoms with E-state index < -0.39 is 8.07 Å². The number of rotatable bonds is 1. The van der Waals surface area contributed by atoms with E-state index in [-0.39, 0.29) is 0 Å². The molecule has 0 spiro atoms. The number of aromatic amines is 1. The number of H-pyrrole nitrogens is 1. The quantitative estimate of drug-likeness (QED) is 0.686. The molecule has 2 rings (SSSR count). The first-order chi connectivity index (χ1) is 6.48. The van der Waals surface area contributed by atoms with Crippen molar-refractivity contribution in [1.82, 2.24) is 4.98 Å². The number of hydrogen-bond donors (Lipinski definition) is 1. The van der Waals surface area contributed by atoms with Crippen LogP contribution in [-0.4, -0.2) is 13.1 Å². The Morgan fingerprint density at radius 1 is 1.14 bits per heavy atom. The Bertz CT molecular complexity index is 463. The lowest BCUT2D eigenvalue weighted by atomic mass is 10.2. The van der Waals surface area contributed by atoms with Gasteiger partial charge in [0.15, 0.2) is 0 Å². The van der Waals surface area contributed by atoms with Gasteiger partial charge in [-0.2, -0.15) is 0 Å². The van der Waals surface area contributed by atoms with Crippen LogP contribution in [0.5, 0.6) is 0 Å². The molecule has 0 saturated heterocycles. The van der Waals surface area contributed by atoms with Crippen LogP contribution in [0, 0.1) is 6.92 Å². The first kappa shape index (κ1) is 9.53. The Hall–Kier alpha value is -1.02. The monoisotopic (exact) mass is 203 g/mol. The molecule has 74 valence electrons. The third kappa shape index (κ3) is 1.50. The summed E-state index contributed by atoms with van der Waals surface area (Å²) in [5, 5.41) is 2.96. The number of nitrogens with one attached hydrogen (secondary N) is 1. The fourth-order valence-corrected chi connectivity index (χ4v) is 3.38. The van der Waals surface area contributed by atoms with Gasteiger partial charge in [-0.25, -0.2) is 0 Å². The van der Waals surface area contributed by atoms with Crippen molar-refractivity contribution in [3.05, 3.63) is 30.0 Å². The summed E-state index contributed by atoms with van der Waals surface area (Å²) in [4.78, 5) is 3.36. The lowest BCUT2D eigenvalue weighted by Gasteiger charge is -2.14. The Morgan fingerprint density at radius 2 is 1.86 bits per heavy atom. The lowest BCUT2D eigenvalue weighted by Crippen LogP contribution is -2.36. The van der Waals surface area contributed by atoms with E-state index in [1.54, 1.807) is 0 Å². The molecular weight excluding hydrogens is 186 g/mol. The van der Waals surface area contributed by atoms with Crippen molar-refractivity contribution >= 4 is 24.2 Å². The van der Waals surface area contributed by atoms with Gasteiger partial charge in [-0.1, -0.05) is 37.3 Å². The summed E-state index contributed by atoms with van der Waals surface area (Å²) in [6.07, 6.45) is 2.19. The molecule has 1 nitrogen and oxygen atoms in total. The maximum atomic E-state index is 3.36. The normalized spacial score (nSPS) is 12.3. The summed E-state index contributed by atoms with van der Waals surface area (Å²) < 4.78 is 0. The van der Waals surface area contributed by atoms with Gasteiger partial charge in [0.05, 0.1) is 8.07 Å². The molecule has 0 aliphatic carbocycles. The van der Waals surface area contributed by atoms with E-state index in [1.807, 2.05) is 0 Å². The number of aromatic nitrogens is 1. The van der Waals surface area contributed by atoms with Crippen molar-refractivity contribution in [2.24, 2.45) is 0 Å². The lowest BCUT2D eigenvalue weighted by molar-refractivity contribution is 1.46. The van der Waals surface area contributed by atoms with Crippen LogP contribution in [0.1, 0.15) is 5.56 Å². The van der Waals surface area contributed by atoms with E-state index in [4.69, 9.17) is 0 Å². The summed E-state index contributed by atoms with van der Waals surface area (Å²) in [5.74, 6) is 0. The SMILES string of the molecule is Cc1ccc2[nH]cc([Si](C)(C)C)c2c1. The fraction of sp³-hybridized carbons (Fsp3) is 0.333. The highest BCUT2D eigenvalue weighted by Gasteiger charge is 2.19. The van der Waals surface area contributed by atoms with Crippen molar-refractivity contribution < 1.29 is 0 Å². The van der Waals surface area contributed by atoms with Gasteiger partial charge in [-0.3, -0.25) is 0 Å². The van der Waals surface area contributed by atoms with Crippen molar-refractivity contribution in [3.63, 3.8) is 0 Å². The van der Waals surface area contributed by atoms with Gasteiger partial charge in [-0.05, 0) is 23.6 Å². The van der Waals surface area contributed by atoms with Crippen LogP contribution >= 0.6 is 0 Å². The number of aryl methyl sites for hydroxylation is 1. The second-order valence-electron chi connectivity index (χ2n) is 5.00. The molecule has 0 amide bonds. The molecule has 0 radical (unpaired) electrons.